The fourth-order valence-corrected chi connectivity index (χ4v) is 3.59. The Morgan fingerprint density at radius 2 is 1.41 bits per heavy atom. The lowest BCUT2D eigenvalue weighted by molar-refractivity contribution is 0.460. The van der Waals surface area contributed by atoms with Crippen molar-refractivity contribution in [2.24, 2.45) is 0 Å². The minimum atomic E-state index is 0.209. The van der Waals surface area contributed by atoms with Crippen LogP contribution < -0.4 is 0 Å². The molecule has 0 fully saturated rings. The quantitative estimate of drug-likeness (QED) is 0.654. The summed E-state index contributed by atoms with van der Waals surface area (Å²) in [6, 6.07) is 4.38. The van der Waals surface area contributed by atoms with E-state index >= 15 is 0 Å². The normalized spacial score (nSPS) is 13.0. The molecule has 1 N–H and O–H groups in total. The lowest BCUT2D eigenvalue weighted by Gasteiger charge is -2.21. The van der Waals surface area contributed by atoms with Gasteiger partial charge in [0.15, 0.2) is 0 Å². The molecule has 126 valence electrons. The molecule has 1 aromatic carbocycles. The Bertz CT molecular complexity index is 493. The van der Waals surface area contributed by atoms with Crippen LogP contribution in [0.15, 0.2) is 12.1 Å². The smallest absolute Gasteiger partial charge is 0.123 e. The Morgan fingerprint density at radius 1 is 0.909 bits per heavy atom. The van der Waals surface area contributed by atoms with Crippen LogP contribution in [0.25, 0.3) is 0 Å². The first-order valence-electron chi connectivity index (χ1n) is 8.01. The third-order valence-electron chi connectivity index (χ3n) is 3.23. The van der Waals surface area contributed by atoms with Gasteiger partial charge in [-0.1, -0.05) is 67.5 Å². The number of thioether (sulfide) groups is 2. The molecule has 1 aromatic rings. The van der Waals surface area contributed by atoms with Crippen LogP contribution in [0.5, 0.6) is 5.75 Å². The highest BCUT2D eigenvalue weighted by Gasteiger charge is 2.18. The molecule has 1 nitrogen and oxygen atoms in total. The fourth-order valence-electron chi connectivity index (χ4n) is 2.01. The number of aromatic hydroxyl groups is 1. The molecule has 0 saturated carbocycles. The topological polar surface area (TPSA) is 20.2 Å². The summed E-state index contributed by atoms with van der Waals surface area (Å²) in [4.78, 5) is 0. The zero-order chi connectivity index (χ0) is 17.1. The minimum absolute atomic E-state index is 0.209. The van der Waals surface area contributed by atoms with Crippen molar-refractivity contribution in [3.05, 3.63) is 28.8 Å². The van der Waals surface area contributed by atoms with Gasteiger partial charge in [-0.05, 0) is 17.0 Å². The van der Waals surface area contributed by atoms with Gasteiger partial charge < -0.3 is 5.11 Å². The lowest BCUT2D eigenvalue weighted by Crippen LogP contribution is -2.09. The zero-order valence-electron chi connectivity index (χ0n) is 15.4. The molecular weight excluding hydrogens is 308 g/mol. The van der Waals surface area contributed by atoms with Gasteiger partial charge in [0, 0.05) is 26.6 Å². The second-order valence-corrected chi connectivity index (χ2v) is 11.8. The molecule has 1 rings (SSSR count). The third-order valence-corrected chi connectivity index (χ3v) is 5.90. The maximum Gasteiger partial charge on any atom is 0.123 e. The van der Waals surface area contributed by atoms with E-state index in [0.29, 0.717) is 11.7 Å². The molecule has 0 atom stereocenters. The highest BCUT2D eigenvalue weighted by molar-refractivity contribution is 8.00. The summed E-state index contributed by atoms with van der Waals surface area (Å²) in [5.41, 5.74) is 3.48. The Kier molecular flexibility index (Phi) is 6.76. The van der Waals surface area contributed by atoms with Crippen molar-refractivity contribution in [2.75, 3.05) is 0 Å². The Labute approximate surface area is 145 Å². The van der Waals surface area contributed by atoms with Crippen LogP contribution >= 0.6 is 23.5 Å². The molecule has 0 spiro atoms. The molecule has 0 aliphatic carbocycles. The summed E-state index contributed by atoms with van der Waals surface area (Å²) in [6.07, 6.45) is 0. The van der Waals surface area contributed by atoms with Crippen molar-refractivity contribution in [3.63, 3.8) is 0 Å². The number of phenols is 1. The van der Waals surface area contributed by atoms with E-state index in [1.807, 2.05) is 23.5 Å². The van der Waals surface area contributed by atoms with Gasteiger partial charge in [-0.25, -0.2) is 0 Å². The minimum Gasteiger partial charge on any atom is -0.507 e. The molecule has 0 heterocycles. The van der Waals surface area contributed by atoms with Gasteiger partial charge >= 0.3 is 0 Å². The van der Waals surface area contributed by atoms with Gasteiger partial charge in [0.1, 0.15) is 5.75 Å². The average molecular weight is 341 g/mol. The van der Waals surface area contributed by atoms with E-state index in [9.17, 15) is 5.11 Å². The number of rotatable bonds is 5. The van der Waals surface area contributed by atoms with Gasteiger partial charge in [-0.2, -0.15) is 23.5 Å². The van der Waals surface area contributed by atoms with E-state index in [0.717, 1.165) is 22.6 Å². The summed E-state index contributed by atoms with van der Waals surface area (Å²) in [5, 5.41) is 10.6. The van der Waals surface area contributed by atoms with Crippen LogP contribution in [0.4, 0.5) is 0 Å². The summed E-state index contributed by atoms with van der Waals surface area (Å²) >= 11 is 3.84. The number of hydrogen-bond donors (Lipinski definition) is 1. The van der Waals surface area contributed by atoms with E-state index in [2.05, 4.69) is 67.5 Å². The summed E-state index contributed by atoms with van der Waals surface area (Å²) in [5.74, 6) is 2.70. The molecule has 0 radical (unpaired) electrons. The van der Waals surface area contributed by atoms with Gasteiger partial charge in [0.25, 0.3) is 0 Å². The monoisotopic (exact) mass is 340 g/mol. The van der Waals surface area contributed by atoms with Crippen LogP contribution in [0.3, 0.4) is 0 Å². The highest BCUT2D eigenvalue weighted by Crippen LogP contribution is 2.37. The number of phenolic OH excluding ortho intramolecular Hbond substituents is 1. The Hall–Kier alpha value is -0.280. The predicted molar refractivity (Wildman–Crippen MR) is 104 cm³/mol. The first-order chi connectivity index (χ1) is 9.89. The highest BCUT2D eigenvalue weighted by atomic mass is 32.2. The average Bonchev–Trinajstić information content (AvgIpc) is 2.33. The zero-order valence-corrected chi connectivity index (χ0v) is 17.0. The molecular formula is C19H32OS2. The van der Waals surface area contributed by atoms with Crippen molar-refractivity contribution in [1.29, 1.82) is 0 Å². The maximum atomic E-state index is 10.6. The molecule has 0 bridgehead atoms. The van der Waals surface area contributed by atoms with Crippen molar-refractivity contribution in [3.8, 4) is 5.75 Å². The number of benzene rings is 1. The van der Waals surface area contributed by atoms with Crippen molar-refractivity contribution < 1.29 is 5.11 Å². The van der Waals surface area contributed by atoms with Gasteiger partial charge in [0.05, 0.1) is 0 Å². The van der Waals surface area contributed by atoms with Crippen LogP contribution in [0, 0.1) is 0 Å². The second-order valence-electron chi connectivity index (χ2n) is 8.15. The first-order valence-corrected chi connectivity index (χ1v) is 9.99. The standard InChI is InChI=1S/C19H32OS2/c1-13(2)16-10-14(11-21-18(3,4)5)9-15(17(16)20)12-22-19(6,7)8/h9-10,13,20H,11-12H2,1-8H3. The molecule has 22 heavy (non-hydrogen) atoms. The van der Waals surface area contributed by atoms with Crippen LogP contribution in [0.2, 0.25) is 0 Å². The molecule has 0 aliphatic rings. The SMILES string of the molecule is CC(C)c1cc(CSC(C)(C)C)cc(CSC(C)(C)C)c1O. The van der Waals surface area contributed by atoms with E-state index < -0.39 is 0 Å². The Morgan fingerprint density at radius 3 is 1.86 bits per heavy atom. The van der Waals surface area contributed by atoms with Crippen LogP contribution in [0.1, 0.15) is 78.0 Å². The first kappa shape index (κ1) is 19.8. The molecule has 0 amide bonds. The van der Waals surface area contributed by atoms with Crippen LogP contribution in [-0.2, 0) is 11.5 Å². The van der Waals surface area contributed by atoms with Gasteiger partial charge in [0.2, 0.25) is 0 Å². The number of hydrogen-bond acceptors (Lipinski definition) is 3. The van der Waals surface area contributed by atoms with Gasteiger partial charge in [-0.15, -0.1) is 0 Å². The van der Waals surface area contributed by atoms with Gasteiger partial charge in [-0.3, -0.25) is 0 Å². The molecule has 0 aliphatic heterocycles. The third kappa shape index (κ3) is 6.87. The Balaban J connectivity index is 3.05. The molecule has 3 heteroatoms. The summed E-state index contributed by atoms with van der Waals surface area (Å²) < 4.78 is 0.469. The van der Waals surface area contributed by atoms with Crippen LogP contribution in [-0.4, -0.2) is 14.6 Å². The molecule has 0 unspecified atom stereocenters. The van der Waals surface area contributed by atoms with E-state index in [1.165, 1.54) is 5.56 Å². The fraction of sp³-hybridized carbons (Fsp3) is 0.684. The predicted octanol–water partition coefficient (Wildman–Crippen LogP) is 6.58. The van der Waals surface area contributed by atoms with E-state index in [4.69, 9.17) is 0 Å². The summed E-state index contributed by atoms with van der Waals surface area (Å²) in [6.45, 7) is 17.7. The maximum absolute atomic E-state index is 10.6. The largest absolute Gasteiger partial charge is 0.507 e. The lowest BCUT2D eigenvalue weighted by atomic mass is 9.97. The van der Waals surface area contributed by atoms with Crippen molar-refractivity contribution >= 4 is 23.5 Å². The molecule has 0 saturated heterocycles. The molecule has 0 aromatic heterocycles. The van der Waals surface area contributed by atoms with Crippen molar-refractivity contribution in [2.45, 2.75) is 82.3 Å². The van der Waals surface area contributed by atoms with E-state index in [-0.39, 0.29) is 9.49 Å². The van der Waals surface area contributed by atoms with Crippen molar-refractivity contribution in [1.82, 2.24) is 0 Å². The summed E-state index contributed by atoms with van der Waals surface area (Å²) in [7, 11) is 0. The second kappa shape index (κ2) is 7.53. The van der Waals surface area contributed by atoms with E-state index in [1.54, 1.807) is 0 Å².